The summed E-state index contributed by atoms with van der Waals surface area (Å²) < 4.78 is 52.2. The molecule has 0 spiro atoms. The van der Waals surface area contributed by atoms with Gasteiger partial charge in [0.15, 0.2) is 18.6 Å². The predicted molar refractivity (Wildman–Crippen MR) is 383 cm³/mol. The van der Waals surface area contributed by atoms with Crippen LogP contribution in [0.25, 0.3) is 33.8 Å². The zero-order valence-corrected chi connectivity index (χ0v) is 60.3. The van der Waals surface area contributed by atoms with Crippen molar-refractivity contribution < 1.29 is 21.9 Å². The molecule has 0 bridgehead atoms. The van der Waals surface area contributed by atoms with Crippen LogP contribution in [0.1, 0.15) is 245 Å². The molecule has 1 aliphatic rings. The van der Waals surface area contributed by atoms with Gasteiger partial charge in [-0.15, -0.1) is 0 Å². The van der Waals surface area contributed by atoms with E-state index in [9.17, 15) is 0 Å². The summed E-state index contributed by atoms with van der Waals surface area (Å²) in [7, 11) is 6.46. The van der Waals surface area contributed by atoms with Gasteiger partial charge in [-0.1, -0.05) is 196 Å². The Morgan fingerprint density at radius 1 is 0.386 bits per heavy atom. The molecule has 1 aliphatic heterocycles. The zero-order chi connectivity index (χ0) is 71.2. The Kier molecular flexibility index (Phi) is 20.9. The summed E-state index contributed by atoms with van der Waals surface area (Å²) in [5, 5.41) is 0. The molecule has 7 aromatic rings. The van der Waals surface area contributed by atoms with E-state index < -0.39 is 13.8 Å². The highest BCUT2D eigenvalue weighted by Crippen LogP contribution is 2.42. The van der Waals surface area contributed by atoms with Crippen LogP contribution in [-0.4, -0.2) is 18.0 Å². The first-order chi connectivity index (χ1) is 43.3. The molecule has 5 heteroatoms. The molecule has 1 atom stereocenters. The number of anilines is 1. The lowest BCUT2D eigenvalue weighted by Crippen LogP contribution is -2.37. The second-order valence-corrected chi connectivity index (χ2v) is 29.4. The molecule has 0 saturated carbocycles. The number of benzene rings is 4. The summed E-state index contributed by atoms with van der Waals surface area (Å²) in [6, 6.07) is 36.1. The van der Waals surface area contributed by atoms with Crippen molar-refractivity contribution in [2.24, 2.45) is 21.1 Å². The molecule has 0 radical (unpaired) electrons. The summed E-state index contributed by atoms with van der Waals surface area (Å²) in [6.45, 7) is 50.2. The molecule has 4 aromatic carbocycles. The molecule has 0 aliphatic carbocycles. The number of aromatic nitrogens is 3. The van der Waals surface area contributed by atoms with Gasteiger partial charge in [0.2, 0.25) is 17.1 Å². The number of para-hydroxylation sites is 1. The van der Waals surface area contributed by atoms with E-state index in [-0.39, 0.29) is 38.7 Å². The van der Waals surface area contributed by atoms with Crippen molar-refractivity contribution in [1.29, 1.82) is 0 Å². The molecule has 0 amide bonds. The van der Waals surface area contributed by atoms with E-state index >= 15 is 0 Å². The van der Waals surface area contributed by atoms with Crippen molar-refractivity contribution in [1.82, 2.24) is 4.90 Å². The van der Waals surface area contributed by atoms with Crippen LogP contribution in [0.15, 0.2) is 134 Å². The highest BCUT2D eigenvalue weighted by molar-refractivity contribution is 5.65. The van der Waals surface area contributed by atoms with Crippen LogP contribution in [0, 0.1) is 41.5 Å². The summed E-state index contributed by atoms with van der Waals surface area (Å²) >= 11 is 0. The molecule has 1 unspecified atom stereocenters. The van der Waals surface area contributed by atoms with Gasteiger partial charge in [0, 0.05) is 84.9 Å². The lowest BCUT2D eigenvalue weighted by molar-refractivity contribution is -0.661. The average molecular weight is 1200 g/mol. The van der Waals surface area contributed by atoms with Crippen molar-refractivity contribution in [3.8, 4) is 33.8 Å². The van der Waals surface area contributed by atoms with Gasteiger partial charge < -0.3 is 9.80 Å². The fourth-order valence-electron chi connectivity index (χ4n) is 11.8. The Hall–Kier alpha value is -6.33. The number of pyridine rings is 3. The molecule has 0 N–H and O–H groups in total. The lowest BCUT2D eigenvalue weighted by Gasteiger charge is -2.32. The standard InChI is InChI=1S/2C24H36N.C23H34N.C12H16N2/c2*1-10-23(5,6)20-15-22(19-13-12-17(3)14-18(19)4)25(9)16-21(20)24(7,8)11-2;1-9-22(4,5)19-15-21(18-14-12-11-13-17(18)3)24(8)16-20(19)23(6,7)10-2;1-10-6-4-5-7-12(10)14-9-8-13(3)11(14)2/h2*12-16H,10-11H2,1-9H3;11-16H,9-10H2,1-8H3;4-9,11H,1-3H3/q3*+1;/i3D3;;;3D3. The highest BCUT2D eigenvalue weighted by atomic mass is 15.4. The summed E-state index contributed by atoms with van der Waals surface area (Å²) in [5.74, 6) is 0. The van der Waals surface area contributed by atoms with Gasteiger partial charge in [-0.25, -0.2) is 13.7 Å². The van der Waals surface area contributed by atoms with E-state index in [0.29, 0.717) is 5.56 Å². The Morgan fingerprint density at radius 3 is 1.05 bits per heavy atom. The first kappa shape index (κ1) is 63.2. The molecule has 5 nitrogen and oxygen atoms in total. The maximum absolute atomic E-state index is 7.67. The number of hydrogen-bond donors (Lipinski definition) is 0. The van der Waals surface area contributed by atoms with Gasteiger partial charge in [-0.2, -0.15) is 0 Å². The van der Waals surface area contributed by atoms with E-state index in [0.717, 1.165) is 66.6 Å². The number of aryl methyl sites for hydroxylation is 9. The summed E-state index contributed by atoms with van der Waals surface area (Å²) in [6.07, 6.45) is 17.0. The largest absolute Gasteiger partial charge is 0.359 e. The fraction of sp³-hybridized carbons (Fsp3) is 0.506. The Bertz CT molecular complexity index is 3760. The van der Waals surface area contributed by atoms with Crippen molar-refractivity contribution in [2.45, 2.75) is 250 Å². The van der Waals surface area contributed by atoms with Gasteiger partial charge in [-0.05, 0) is 183 Å². The van der Waals surface area contributed by atoms with E-state index in [1.165, 1.54) is 77.5 Å². The SMILES string of the molecule is CCC(C)(C)c1cc(-c2ccc(C)cc2C)[n+](C)cc1C(C)(C)CC.CCC(C)(C)c1cc(-c2ccccc2C)[n+](C)cc1C(C)(C)CC.[2H]C([2H])([2H])N1C=CN(c2ccccc2C)C1C.[2H]C([2H])([2H])c1ccc(-c2cc(C(C)(C)CC)c(C(C)(C)CC)c[n+]2C)c(C)c1. The average Bonchev–Trinajstić information content (AvgIpc) is 1.10. The first-order valence-corrected chi connectivity index (χ1v) is 33.0. The third kappa shape index (κ3) is 16.5. The predicted octanol–water partition coefficient (Wildman–Crippen LogP) is 20.8. The van der Waals surface area contributed by atoms with E-state index in [4.69, 9.17) is 8.22 Å². The van der Waals surface area contributed by atoms with Crippen molar-refractivity contribution in [3.05, 3.63) is 201 Å². The van der Waals surface area contributed by atoms with Gasteiger partial charge in [0.25, 0.3) is 0 Å². The molecule has 0 saturated heterocycles. The highest BCUT2D eigenvalue weighted by Gasteiger charge is 2.36. The van der Waals surface area contributed by atoms with Crippen LogP contribution < -0.4 is 18.6 Å². The monoisotopic (exact) mass is 1200 g/mol. The lowest BCUT2D eigenvalue weighted by atomic mass is 9.71. The van der Waals surface area contributed by atoms with Crippen molar-refractivity contribution >= 4 is 5.69 Å². The maximum atomic E-state index is 7.67. The number of nitrogens with zero attached hydrogens (tertiary/aromatic N) is 5. The normalized spacial score (nSPS) is 15.1. The Labute approximate surface area is 547 Å². The minimum atomic E-state index is -2.09. The van der Waals surface area contributed by atoms with Crippen LogP contribution in [0.4, 0.5) is 5.69 Å². The molecule has 3 aromatic heterocycles. The van der Waals surface area contributed by atoms with Crippen LogP contribution >= 0.6 is 0 Å². The Balaban J connectivity index is 0.000000230. The third-order valence-electron chi connectivity index (χ3n) is 20.7. The second kappa shape index (κ2) is 29.1. The van der Waals surface area contributed by atoms with E-state index in [1.807, 2.05) is 62.2 Å². The van der Waals surface area contributed by atoms with Gasteiger partial charge in [0.05, 0.1) is 0 Å². The maximum Gasteiger partial charge on any atom is 0.212 e. The second-order valence-electron chi connectivity index (χ2n) is 29.4. The molecular formula is C83H122N5+3. The minimum absolute atomic E-state index is 0.0668. The van der Waals surface area contributed by atoms with Gasteiger partial charge >= 0.3 is 0 Å². The smallest absolute Gasteiger partial charge is 0.212 e. The zero-order valence-electron chi connectivity index (χ0n) is 66.3. The number of rotatable bonds is 16. The third-order valence-corrected chi connectivity index (χ3v) is 20.7. The van der Waals surface area contributed by atoms with E-state index in [2.05, 4.69) is 259 Å². The molecule has 0 fully saturated rings. The van der Waals surface area contributed by atoms with Crippen molar-refractivity contribution in [2.75, 3.05) is 11.9 Å². The van der Waals surface area contributed by atoms with Crippen LogP contribution in [-0.2, 0) is 53.6 Å². The van der Waals surface area contributed by atoms with Gasteiger partial charge in [-0.3, -0.25) is 0 Å². The van der Waals surface area contributed by atoms with Crippen LogP contribution in [0.3, 0.4) is 0 Å². The van der Waals surface area contributed by atoms with Gasteiger partial charge in [0.1, 0.15) is 27.3 Å². The Morgan fingerprint density at radius 2 is 0.716 bits per heavy atom. The fourth-order valence-corrected chi connectivity index (χ4v) is 11.8. The minimum Gasteiger partial charge on any atom is -0.359 e. The first-order valence-electron chi connectivity index (χ1n) is 36.0. The van der Waals surface area contributed by atoms with E-state index in [1.54, 1.807) is 18.3 Å². The molecule has 88 heavy (non-hydrogen) atoms. The molecule has 4 heterocycles. The molecule has 8 rings (SSSR count). The number of hydrogen-bond acceptors (Lipinski definition) is 2. The van der Waals surface area contributed by atoms with Crippen LogP contribution in [0.2, 0.25) is 0 Å². The molecular weight excluding hydrogens is 1070 g/mol. The van der Waals surface area contributed by atoms with Crippen LogP contribution in [0.5, 0.6) is 0 Å². The summed E-state index contributed by atoms with van der Waals surface area (Å²) in [5.41, 5.74) is 24.7. The topological polar surface area (TPSA) is 18.1 Å². The van der Waals surface area contributed by atoms with Crippen molar-refractivity contribution in [3.63, 3.8) is 0 Å². The summed E-state index contributed by atoms with van der Waals surface area (Å²) in [4.78, 5) is 3.36. The molecule has 476 valence electrons. The quantitative estimate of drug-likeness (QED) is 0.0898.